The van der Waals surface area contributed by atoms with Gasteiger partial charge in [-0.3, -0.25) is 14.5 Å². The van der Waals surface area contributed by atoms with Gasteiger partial charge in [0.25, 0.3) is 5.91 Å². The molecule has 7 nitrogen and oxygen atoms in total. The number of carbonyl (C=O) groups excluding carboxylic acids is 3. The number of nitrogens with zero attached hydrogens (tertiary/aromatic N) is 1. The van der Waals surface area contributed by atoms with Crippen molar-refractivity contribution in [3.05, 3.63) is 118 Å². The van der Waals surface area contributed by atoms with E-state index in [9.17, 15) is 18.9 Å². The third kappa shape index (κ3) is 5.13. The van der Waals surface area contributed by atoms with Crippen LogP contribution in [0.3, 0.4) is 0 Å². The maximum atomic E-state index is 13.4. The fourth-order valence-electron chi connectivity index (χ4n) is 4.48. The van der Waals surface area contributed by atoms with Crippen molar-refractivity contribution < 1.29 is 23.7 Å². The Balaban J connectivity index is 1.35. The van der Waals surface area contributed by atoms with Crippen LogP contribution in [-0.2, 0) is 36.7 Å². The molecule has 37 heavy (non-hydrogen) atoms. The highest BCUT2D eigenvalue weighted by Crippen LogP contribution is 2.39. The standard InChI is InChI=1S/C28H23ClN2O5S/c29-21-17-37(35)27-23(30-22(32)16-18-10-4-1-5-11-18)26(33)31(27)24(21)28(34)36-25(19-12-6-2-7-13-19)20-14-8-3-9-15-20/h1-15,23,25,27H,16-17H2,(H,30,32)/t23?,27-,37?/m0/s1. The van der Waals surface area contributed by atoms with Crippen molar-refractivity contribution in [1.82, 2.24) is 10.2 Å². The van der Waals surface area contributed by atoms with Gasteiger partial charge in [0, 0.05) is 0 Å². The summed E-state index contributed by atoms with van der Waals surface area (Å²) in [6, 6.07) is 26.5. The van der Waals surface area contributed by atoms with Crippen molar-refractivity contribution in [2.45, 2.75) is 23.9 Å². The molecule has 0 aliphatic carbocycles. The van der Waals surface area contributed by atoms with Gasteiger partial charge in [0.15, 0.2) is 17.8 Å². The zero-order valence-electron chi connectivity index (χ0n) is 19.6. The summed E-state index contributed by atoms with van der Waals surface area (Å²) in [7, 11) is 0. The van der Waals surface area contributed by atoms with Crippen LogP contribution in [0.5, 0.6) is 0 Å². The number of fused-ring (bicyclic) bond motifs is 1. The lowest BCUT2D eigenvalue weighted by molar-refractivity contribution is -0.154. The molecule has 3 aromatic rings. The van der Waals surface area contributed by atoms with Gasteiger partial charge in [-0.15, -0.1) is 0 Å². The first-order valence-electron chi connectivity index (χ1n) is 11.7. The number of β-lactam (4-membered cyclic amide) rings is 1. The molecule has 2 heterocycles. The first kappa shape index (κ1) is 25.1. The van der Waals surface area contributed by atoms with E-state index in [1.54, 1.807) is 12.1 Å². The van der Waals surface area contributed by atoms with Crippen molar-refractivity contribution in [2.75, 3.05) is 5.75 Å². The first-order valence-corrected chi connectivity index (χ1v) is 13.4. The highest BCUT2D eigenvalue weighted by molar-refractivity contribution is 7.92. The summed E-state index contributed by atoms with van der Waals surface area (Å²) in [5.41, 5.74) is 2.14. The lowest BCUT2D eigenvalue weighted by atomic mass is 10.0. The molecule has 0 spiro atoms. The van der Waals surface area contributed by atoms with Crippen LogP contribution in [0, 0.1) is 0 Å². The van der Waals surface area contributed by atoms with Gasteiger partial charge < -0.3 is 14.6 Å². The highest BCUT2D eigenvalue weighted by Gasteiger charge is 2.61. The smallest absolute Gasteiger partial charge is 0.357 e. The van der Waals surface area contributed by atoms with Crippen molar-refractivity contribution in [2.24, 2.45) is 0 Å². The molecule has 1 fully saturated rings. The lowest BCUT2D eigenvalue weighted by Gasteiger charge is -2.48. The number of amides is 2. The number of hydrogen-bond donors (Lipinski definition) is 1. The third-order valence-corrected chi connectivity index (χ3v) is 8.29. The third-order valence-electron chi connectivity index (χ3n) is 6.23. The second kappa shape index (κ2) is 10.8. The summed E-state index contributed by atoms with van der Waals surface area (Å²) < 4.78 is 18.8. The molecule has 0 saturated carbocycles. The van der Waals surface area contributed by atoms with E-state index in [-0.39, 0.29) is 28.8 Å². The maximum Gasteiger partial charge on any atom is 0.357 e. The Hall–Kier alpha value is -3.59. The Morgan fingerprint density at radius 1 is 0.973 bits per heavy atom. The van der Waals surface area contributed by atoms with E-state index in [4.69, 9.17) is 16.3 Å². The van der Waals surface area contributed by atoms with Crippen molar-refractivity contribution in [3.8, 4) is 0 Å². The van der Waals surface area contributed by atoms with Gasteiger partial charge in [-0.1, -0.05) is 103 Å². The van der Waals surface area contributed by atoms with E-state index in [1.165, 1.54) is 0 Å². The van der Waals surface area contributed by atoms with E-state index in [2.05, 4.69) is 5.32 Å². The van der Waals surface area contributed by atoms with Crippen LogP contribution in [0.1, 0.15) is 22.8 Å². The molecule has 1 N–H and O–H groups in total. The summed E-state index contributed by atoms with van der Waals surface area (Å²) in [6.45, 7) is 0. The quantitative estimate of drug-likeness (QED) is 0.284. The van der Waals surface area contributed by atoms with Crippen LogP contribution in [0.4, 0.5) is 0 Å². The SMILES string of the molecule is O=C(Cc1ccccc1)NC1C(=O)N2C(C(=O)OC(c3ccccc3)c3ccccc3)=C(Cl)C[S+]([O-])[C@@H]12. The van der Waals surface area contributed by atoms with Gasteiger partial charge in [0.05, 0.1) is 11.5 Å². The second-order valence-electron chi connectivity index (χ2n) is 8.69. The molecule has 9 heteroatoms. The average molecular weight is 535 g/mol. The molecule has 188 valence electrons. The summed E-state index contributed by atoms with van der Waals surface area (Å²) in [6.07, 6.45) is -0.666. The molecule has 0 bridgehead atoms. The Morgan fingerprint density at radius 3 is 2.08 bits per heavy atom. The second-order valence-corrected chi connectivity index (χ2v) is 10.7. The van der Waals surface area contributed by atoms with Gasteiger partial charge in [-0.25, -0.2) is 4.79 Å². The largest absolute Gasteiger partial charge is 0.614 e. The zero-order valence-corrected chi connectivity index (χ0v) is 21.2. The Labute approximate surface area is 222 Å². The molecule has 2 amide bonds. The number of benzene rings is 3. The predicted octanol–water partition coefficient (Wildman–Crippen LogP) is 3.43. The minimum absolute atomic E-state index is 0.0122. The number of halogens is 1. The fourth-order valence-corrected chi connectivity index (χ4v) is 6.46. The maximum absolute atomic E-state index is 13.4. The minimum atomic E-state index is -1.60. The predicted molar refractivity (Wildman–Crippen MR) is 139 cm³/mol. The van der Waals surface area contributed by atoms with E-state index in [1.807, 2.05) is 78.9 Å². The van der Waals surface area contributed by atoms with Gasteiger partial charge in [-0.05, 0) is 27.9 Å². The van der Waals surface area contributed by atoms with Gasteiger partial charge in [0.2, 0.25) is 11.3 Å². The number of esters is 1. The van der Waals surface area contributed by atoms with E-state index in [0.717, 1.165) is 21.6 Å². The summed E-state index contributed by atoms with van der Waals surface area (Å²) in [5.74, 6) is -1.85. The highest BCUT2D eigenvalue weighted by atomic mass is 35.5. The Bertz CT molecular complexity index is 1300. The summed E-state index contributed by atoms with van der Waals surface area (Å²) in [4.78, 5) is 40.2. The van der Waals surface area contributed by atoms with Crippen LogP contribution in [0.25, 0.3) is 0 Å². The summed E-state index contributed by atoms with van der Waals surface area (Å²) >= 11 is 4.77. The Kier molecular flexibility index (Phi) is 7.32. The number of carbonyl (C=O) groups is 3. The fraction of sp³-hybridized carbons (Fsp3) is 0.179. The minimum Gasteiger partial charge on any atom is -0.614 e. The van der Waals surface area contributed by atoms with Gasteiger partial charge in [0.1, 0.15) is 5.75 Å². The van der Waals surface area contributed by atoms with Crippen molar-refractivity contribution in [3.63, 3.8) is 0 Å². The molecule has 3 aromatic carbocycles. The van der Waals surface area contributed by atoms with Crippen LogP contribution in [0.2, 0.25) is 0 Å². The van der Waals surface area contributed by atoms with Crippen LogP contribution < -0.4 is 5.32 Å². The number of nitrogens with one attached hydrogen (secondary N) is 1. The number of ether oxygens (including phenoxy) is 1. The molecule has 5 rings (SSSR count). The Morgan fingerprint density at radius 2 is 1.51 bits per heavy atom. The topological polar surface area (TPSA) is 98.8 Å². The number of rotatable bonds is 7. The average Bonchev–Trinajstić information content (AvgIpc) is 2.91. The van der Waals surface area contributed by atoms with Crippen molar-refractivity contribution in [1.29, 1.82) is 0 Å². The summed E-state index contributed by atoms with van der Waals surface area (Å²) in [5, 5.41) is 1.76. The molecule has 0 radical (unpaired) electrons. The molecule has 2 unspecified atom stereocenters. The van der Waals surface area contributed by atoms with E-state index in [0.29, 0.717) is 0 Å². The van der Waals surface area contributed by atoms with Crippen LogP contribution in [0.15, 0.2) is 102 Å². The van der Waals surface area contributed by atoms with E-state index < -0.39 is 40.6 Å². The van der Waals surface area contributed by atoms with Gasteiger partial charge in [-0.2, -0.15) is 0 Å². The van der Waals surface area contributed by atoms with E-state index >= 15 is 0 Å². The van der Waals surface area contributed by atoms with Gasteiger partial charge >= 0.3 is 5.97 Å². The molecule has 0 aromatic heterocycles. The zero-order chi connectivity index (χ0) is 25.9. The number of hydrogen-bond acceptors (Lipinski definition) is 5. The molecular weight excluding hydrogens is 512 g/mol. The first-order chi connectivity index (χ1) is 17.9. The lowest BCUT2D eigenvalue weighted by Crippen LogP contribution is -2.74. The van der Waals surface area contributed by atoms with Crippen LogP contribution in [-0.4, -0.2) is 44.4 Å². The normalized spacial score (nSPS) is 20.8. The molecule has 2 aliphatic rings. The molecular formula is C28H23ClN2O5S. The molecule has 3 atom stereocenters. The molecule has 1 saturated heterocycles. The molecule has 2 aliphatic heterocycles. The van der Waals surface area contributed by atoms with Crippen LogP contribution >= 0.6 is 11.6 Å². The van der Waals surface area contributed by atoms with Crippen molar-refractivity contribution >= 4 is 40.6 Å². The monoisotopic (exact) mass is 534 g/mol.